The molecule has 1 heterocycles. The van der Waals surface area contributed by atoms with Crippen LogP contribution in [0.1, 0.15) is 18.4 Å². The van der Waals surface area contributed by atoms with Gasteiger partial charge in [-0.1, -0.05) is 42.5 Å². The first-order valence-corrected chi connectivity index (χ1v) is 9.06. The van der Waals surface area contributed by atoms with Crippen molar-refractivity contribution in [2.24, 2.45) is 11.8 Å². The highest BCUT2D eigenvalue weighted by Crippen LogP contribution is 2.40. The number of ether oxygens (including phenoxy) is 2. The molecular formula is C21H22FNO3. The molecule has 4 rings (SSSR count). The van der Waals surface area contributed by atoms with Gasteiger partial charge in [-0.25, -0.2) is 9.18 Å². The van der Waals surface area contributed by atoms with Crippen molar-refractivity contribution in [3.05, 3.63) is 66.0 Å². The van der Waals surface area contributed by atoms with E-state index in [4.69, 9.17) is 9.47 Å². The number of likely N-dealkylation sites (tertiary alicyclic amines) is 1. The maximum Gasteiger partial charge on any atom is 0.410 e. The fraction of sp³-hybridized carbons (Fsp3) is 0.381. The van der Waals surface area contributed by atoms with Gasteiger partial charge in [0.1, 0.15) is 6.61 Å². The lowest BCUT2D eigenvalue weighted by atomic mass is 10.0. The fourth-order valence-electron chi connectivity index (χ4n) is 4.02. The Bertz CT molecular complexity index is 753. The smallest absolute Gasteiger partial charge is 0.410 e. The molecular weight excluding hydrogens is 333 g/mol. The number of nitrogens with zero attached hydrogens (tertiary/aromatic N) is 1. The molecule has 0 aromatic heterocycles. The molecule has 0 N–H and O–H groups in total. The van der Waals surface area contributed by atoms with Crippen LogP contribution in [0.3, 0.4) is 0 Å². The monoisotopic (exact) mass is 355 g/mol. The summed E-state index contributed by atoms with van der Waals surface area (Å²) in [6.45, 7) is 1.68. The van der Waals surface area contributed by atoms with Crippen LogP contribution in [0, 0.1) is 17.7 Å². The van der Waals surface area contributed by atoms with Crippen LogP contribution in [0.25, 0.3) is 0 Å². The quantitative estimate of drug-likeness (QED) is 0.823. The van der Waals surface area contributed by atoms with Crippen LogP contribution in [0.5, 0.6) is 5.75 Å². The number of halogens is 1. The van der Waals surface area contributed by atoms with Gasteiger partial charge in [-0.3, -0.25) is 0 Å². The molecule has 0 bridgehead atoms. The minimum absolute atomic E-state index is 0.0180. The van der Waals surface area contributed by atoms with Gasteiger partial charge in [0, 0.05) is 13.1 Å². The van der Waals surface area contributed by atoms with Gasteiger partial charge in [0.2, 0.25) is 0 Å². The molecule has 2 aliphatic rings. The zero-order chi connectivity index (χ0) is 17.9. The number of hydrogen-bond acceptors (Lipinski definition) is 3. The molecule has 1 saturated heterocycles. The lowest BCUT2D eigenvalue weighted by Crippen LogP contribution is -2.31. The first-order valence-electron chi connectivity index (χ1n) is 9.06. The van der Waals surface area contributed by atoms with E-state index >= 15 is 0 Å². The summed E-state index contributed by atoms with van der Waals surface area (Å²) < 4.78 is 25.0. The van der Waals surface area contributed by atoms with E-state index < -0.39 is 0 Å². The van der Waals surface area contributed by atoms with Crippen LogP contribution in [-0.4, -0.2) is 30.2 Å². The first kappa shape index (κ1) is 16.9. The van der Waals surface area contributed by atoms with Crippen LogP contribution in [0.4, 0.5) is 9.18 Å². The normalized spacial score (nSPS) is 24.3. The summed E-state index contributed by atoms with van der Waals surface area (Å²) in [6.07, 6.45) is 1.46. The van der Waals surface area contributed by atoms with E-state index in [1.165, 1.54) is 6.07 Å². The Morgan fingerprint density at radius 2 is 1.65 bits per heavy atom. The van der Waals surface area contributed by atoms with E-state index in [2.05, 4.69) is 0 Å². The Morgan fingerprint density at radius 3 is 2.35 bits per heavy atom. The third kappa shape index (κ3) is 3.66. The van der Waals surface area contributed by atoms with Gasteiger partial charge in [-0.05, 0) is 42.4 Å². The number of amides is 1. The van der Waals surface area contributed by atoms with Gasteiger partial charge in [-0.15, -0.1) is 0 Å². The molecule has 0 radical (unpaired) electrons. The summed E-state index contributed by atoms with van der Waals surface area (Å²) >= 11 is 0. The maximum atomic E-state index is 13.7. The molecule has 1 aliphatic carbocycles. The standard InChI is InChI=1S/C21H22FNO3/c22-19-8-4-5-9-20(19)26-18-10-16-12-23(13-17(16)11-18)21(24)25-14-15-6-2-1-3-7-15/h1-9,16-18H,10-14H2/t16-,17+,18?. The van der Waals surface area contributed by atoms with Gasteiger partial charge >= 0.3 is 6.09 Å². The van der Waals surface area contributed by atoms with Gasteiger partial charge < -0.3 is 14.4 Å². The highest BCUT2D eigenvalue weighted by Gasteiger charge is 2.43. The summed E-state index contributed by atoms with van der Waals surface area (Å²) in [5.74, 6) is 0.791. The van der Waals surface area contributed by atoms with E-state index in [9.17, 15) is 9.18 Å². The molecule has 2 aromatic rings. The van der Waals surface area contributed by atoms with Crippen molar-refractivity contribution in [2.45, 2.75) is 25.6 Å². The second kappa shape index (κ2) is 7.36. The minimum atomic E-state index is -0.323. The number of benzene rings is 2. The summed E-state index contributed by atoms with van der Waals surface area (Å²) in [5, 5.41) is 0. The number of carbonyl (C=O) groups is 1. The number of para-hydroxylation sites is 1. The Kier molecular flexibility index (Phi) is 4.78. The topological polar surface area (TPSA) is 38.8 Å². The van der Waals surface area contributed by atoms with E-state index in [1.54, 1.807) is 23.1 Å². The van der Waals surface area contributed by atoms with Crippen LogP contribution in [0.15, 0.2) is 54.6 Å². The Labute approximate surface area is 152 Å². The number of rotatable bonds is 4. The molecule has 2 fully saturated rings. The van der Waals surface area contributed by atoms with Crippen molar-refractivity contribution >= 4 is 6.09 Å². The van der Waals surface area contributed by atoms with Gasteiger partial charge in [-0.2, -0.15) is 0 Å². The maximum absolute atomic E-state index is 13.7. The second-order valence-corrected chi connectivity index (χ2v) is 7.11. The van der Waals surface area contributed by atoms with Gasteiger partial charge in [0.25, 0.3) is 0 Å². The molecule has 136 valence electrons. The SMILES string of the molecule is O=C(OCc1ccccc1)N1C[C@H]2CC(Oc3ccccc3F)C[C@H]2C1. The zero-order valence-electron chi connectivity index (χ0n) is 14.5. The fourth-order valence-corrected chi connectivity index (χ4v) is 4.02. The lowest BCUT2D eigenvalue weighted by molar-refractivity contribution is 0.0984. The molecule has 2 aromatic carbocycles. The van der Waals surface area contributed by atoms with Crippen molar-refractivity contribution in [3.8, 4) is 5.75 Å². The highest BCUT2D eigenvalue weighted by molar-refractivity contribution is 5.68. The summed E-state index contributed by atoms with van der Waals surface area (Å²) in [7, 11) is 0. The van der Waals surface area contributed by atoms with Crippen LogP contribution in [-0.2, 0) is 11.3 Å². The third-order valence-electron chi connectivity index (χ3n) is 5.30. The average molecular weight is 355 g/mol. The van der Waals surface area contributed by atoms with E-state index in [1.807, 2.05) is 30.3 Å². The molecule has 1 saturated carbocycles. The summed E-state index contributed by atoms with van der Waals surface area (Å²) in [6, 6.07) is 16.2. The zero-order valence-corrected chi connectivity index (χ0v) is 14.5. The van der Waals surface area contributed by atoms with Gasteiger partial charge in [0.05, 0.1) is 6.10 Å². The van der Waals surface area contributed by atoms with Gasteiger partial charge in [0.15, 0.2) is 11.6 Å². The molecule has 4 nitrogen and oxygen atoms in total. The summed E-state index contributed by atoms with van der Waals surface area (Å²) in [4.78, 5) is 14.1. The number of carbonyl (C=O) groups excluding carboxylic acids is 1. The molecule has 1 aliphatic heterocycles. The average Bonchev–Trinajstić information content (AvgIpc) is 3.21. The molecule has 26 heavy (non-hydrogen) atoms. The predicted octanol–water partition coefficient (Wildman–Crippen LogP) is 4.25. The second-order valence-electron chi connectivity index (χ2n) is 7.11. The van der Waals surface area contributed by atoms with Crippen molar-refractivity contribution < 1.29 is 18.7 Å². The molecule has 0 spiro atoms. The Hall–Kier alpha value is -2.56. The molecule has 1 amide bonds. The Morgan fingerprint density at radius 1 is 1.00 bits per heavy atom. The molecule has 3 atom stereocenters. The van der Waals surface area contributed by atoms with Crippen molar-refractivity contribution in [3.63, 3.8) is 0 Å². The van der Waals surface area contributed by atoms with E-state index in [0.29, 0.717) is 37.3 Å². The molecule has 1 unspecified atom stereocenters. The predicted molar refractivity (Wildman–Crippen MR) is 95.2 cm³/mol. The van der Waals surface area contributed by atoms with Crippen LogP contribution in [0.2, 0.25) is 0 Å². The van der Waals surface area contributed by atoms with Crippen LogP contribution >= 0.6 is 0 Å². The minimum Gasteiger partial charge on any atom is -0.487 e. The van der Waals surface area contributed by atoms with Crippen molar-refractivity contribution in [1.29, 1.82) is 0 Å². The first-order chi connectivity index (χ1) is 12.7. The Balaban J connectivity index is 1.27. The largest absolute Gasteiger partial charge is 0.487 e. The van der Waals surface area contributed by atoms with E-state index in [-0.39, 0.29) is 18.0 Å². The summed E-state index contributed by atoms with van der Waals surface area (Å²) in [5.41, 5.74) is 0.985. The van der Waals surface area contributed by atoms with E-state index in [0.717, 1.165) is 18.4 Å². The lowest BCUT2D eigenvalue weighted by Gasteiger charge is -2.20. The van der Waals surface area contributed by atoms with Crippen LogP contribution < -0.4 is 4.74 Å². The third-order valence-corrected chi connectivity index (χ3v) is 5.30. The van der Waals surface area contributed by atoms with Crippen molar-refractivity contribution in [2.75, 3.05) is 13.1 Å². The number of fused-ring (bicyclic) bond motifs is 1. The molecule has 5 heteroatoms. The van der Waals surface area contributed by atoms with Crippen molar-refractivity contribution in [1.82, 2.24) is 4.90 Å². The highest BCUT2D eigenvalue weighted by atomic mass is 19.1. The number of hydrogen-bond donors (Lipinski definition) is 0.